The quantitative estimate of drug-likeness (QED) is 0.582. The van der Waals surface area contributed by atoms with E-state index in [0.717, 1.165) is 0 Å². The molecule has 0 aliphatic rings. The Labute approximate surface area is 79.6 Å². The molecule has 0 radical (unpaired) electrons. The summed E-state index contributed by atoms with van der Waals surface area (Å²) >= 11 is 0. The Kier molecular flexibility index (Phi) is 6.39. The summed E-state index contributed by atoms with van der Waals surface area (Å²) in [6.07, 6.45) is 5.96. The molecule has 9 heavy (non-hydrogen) atoms. The van der Waals surface area contributed by atoms with Crippen LogP contribution in [-0.4, -0.2) is 65.2 Å². The SMILES string of the molecule is CS(C)(C)CC(=O)O.[NaH]. The van der Waals surface area contributed by atoms with Crippen LogP contribution >= 0.6 is 10.0 Å². The number of carbonyl (C=O) groups is 1. The van der Waals surface area contributed by atoms with Crippen LogP contribution < -0.4 is 0 Å². The maximum atomic E-state index is 10.0. The summed E-state index contributed by atoms with van der Waals surface area (Å²) in [5, 5.41) is 8.27. The van der Waals surface area contributed by atoms with Gasteiger partial charge < -0.3 is 5.11 Å². The molecule has 0 heterocycles. The van der Waals surface area contributed by atoms with Gasteiger partial charge in [-0.2, -0.15) is 0 Å². The number of rotatable bonds is 2. The second-order valence-corrected chi connectivity index (χ2v) is 7.10. The molecule has 0 bridgehead atoms. The van der Waals surface area contributed by atoms with Gasteiger partial charge in [0.05, 0.1) is 5.75 Å². The third-order valence-corrected chi connectivity index (χ3v) is 1.67. The van der Waals surface area contributed by atoms with Crippen molar-refractivity contribution in [2.45, 2.75) is 0 Å². The molecular formula is C5H13NaO2S. The Hall–Kier alpha value is 0.820. The van der Waals surface area contributed by atoms with Crippen LogP contribution in [0.15, 0.2) is 0 Å². The van der Waals surface area contributed by atoms with Gasteiger partial charge in [-0.1, -0.05) is 0 Å². The van der Waals surface area contributed by atoms with Crippen molar-refractivity contribution in [1.82, 2.24) is 0 Å². The summed E-state index contributed by atoms with van der Waals surface area (Å²) in [4.78, 5) is 10.0. The average Bonchev–Trinajstić information content (AvgIpc) is 1.21. The van der Waals surface area contributed by atoms with Crippen molar-refractivity contribution in [3.05, 3.63) is 0 Å². The molecular weight excluding hydrogens is 147 g/mol. The monoisotopic (exact) mass is 160 g/mol. The van der Waals surface area contributed by atoms with Crippen molar-refractivity contribution >= 4 is 45.6 Å². The summed E-state index contributed by atoms with van der Waals surface area (Å²) in [5.41, 5.74) is 0. The van der Waals surface area contributed by atoms with Crippen LogP contribution in [0, 0.1) is 0 Å². The van der Waals surface area contributed by atoms with E-state index in [1.165, 1.54) is 0 Å². The minimum atomic E-state index is -0.823. The van der Waals surface area contributed by atoms with E-state index in [-0.39, 0.29) is 29.6 Å². The molecule has 0 aliphatic heterocycles. The molecule has 0 atom stereocenters. The summed E-state index contributed by atoms with van der Waals surface area (Å²) in [6, 6.07) is 0. The van der Waals surface area contributed by atoms with Crippen LogP contribution in [0.4, 0.5) is 0 Å². The topological polar surface area (TPSA) is 37.3 Å². The summed E-state index contributed by atoms with van der Waals surface area (Å²) in [5.74, 6) is -0.361. The molecule has 0 amide bonds. The molecule has 2 nitrogen and oxygen atoms in total. The van der Waals surface area contributed by atoms with Gasteiger partial charge in [-0.15, -0.1) is 0 Å². The molecule has 1 N–H and O–H groups in total. The van der Waals surface area contributed by atoms with Crippen molar-refractivity contribution in [2.24, 2.45) is 0 Å². The van der Waals surface area contributed by atoms with E-state index in [2.05, 4.69) is 0 Å². The van der Waals surface area contributed by atoms with E-state index in [9.17, 15) is 4.79 Å². The van der Waals surface area contributed by atoms with E-state index >= 15 is 0 Å². The Morgan fingerprint density at radius 3 is 1.78 bits per heavy atom. The number of hydrogen-bond donors (Lipinski definition) is 1. The molecule has 0 aromatic carbocycles. The second kappa shape index (κ2) is 4.61. The van der Waals surface area contributed by atoms with Crippen molar-refractivity contribution < 1.29 is 9.90 Å². The molecule has 0 aromatic rings. The molecule has 0 unspecified atom stereocenters. The molecule has 0 fully saturated rings. The van der Waals surface area contributed by atoms with Gasteiger partial charge in [0.15, 0.2) is 0 Å². The zero-order valence-corrected chi connectivity index (χ0v) is 6.29. The first-order chi connectivity index (χ1) is 3.42. The zero-order valence-electron chi connectivity index (χ0n) is 5.47. The van der Waals surface area contributed by atoms with Crippen LogP contribution in [0.1, 0.15) is 0 Å². The molecule has 0 saturated carbocycles. The Balaban J connectivity index is 0. The van der Waals surface area contributed by atoms with Crippen molar-refractivity contribution in [2.75, 3.05) is 24.5 Å². The van der Waals surface area contributed by atoms with E-state index in [1.54, 1.807) is 0 Å². The minimum absolute atomic E-state index is 0. The van der Waals surface area contributed by atoms with Crippen LogP contribution in [0.3, 0.4) is 0 Å². The normalized spacial score (nSPS) is 11.9. The van der Waals surface area contributed by atoms with Gasteiger partial charge in [-0.25, -0.2) is 10.0 Å². The predicted octanol–water partition coefficient (Wildman–Crippen LogP) is 0.117. The van der Waals surface area contributed by atoms with Crippen LogP contribution in [-0.2, 0) is 4.79 Å². The fourth-order valence-corrected chi connectivity index (χ4v) is 1.11. The second-order valence-electron chi connectivity index (χ2n) is 2.63. The standard InChI is InChI=1S/C5H12O2S.Na.H/c1-8(2,3)4-5(6)7;;/h4H2,1-3H3,(H,6,7);;. The first-order valence-electron chi connectivity index (χ1n) is 2.29. The third-order valence-electron chi connectivity index (χ3n) is 0.556. The molecule has 0 saturated heterocycles. The summed E-state index contributed by atoms with van der Waals surface area (Å²) < 4.78 is 0. The summed E-state index contributed by atoms with van der Waals surface area (Å²) in [7, 11) is -0.823. The van der Waals surface area contributed by atoms with E-state index < -0.39 is 16.0 Å². The van der Waals surface area contributed by atoms with Crippen molar-refractivity contribution in [3.8, 4) is 0 Å². The molecule has 52 valence electrons. The Bertz CT molecular complexity index is 97.6. The van der Waals surface area contributed by atoms with Crippen LogP contribution in [0.25, 0.3) is 0 Å². The van der Waals surface area contributed by atoms with Gasteiger partial charge in [0.1, 0.15) is 0 Å². The van der Waals surface area contributed by atoms with Gasteiger partial charge >= 0.3 is 35.5 Å². The molecule has 4 heteroatoms. The van der Waals surface area contributed by atoms with Gasteiger partial charge in [0.25, 0.3) is 0 Å². The van der Waals surface area contributed by atoms with Gasteiger partial charge in [-0.05, 0) is 18.8 Å². The Morgan fingerprint density at radius 2 is 1.78 bits per heavy atom. The van der Waals surface area contributed by atoms with Crippen molar-refractivity contribution in [1.29, 1.82) is 0 Å². The van der Waals surface area contributed by atoms with E-state index in [1.807, 2.05) is 18.8 Å². The molecule has 0 aliphatic carbocycles. The van der Waals surface area contributed by atoms with Gasteiger partial charge in [-0.3, -0.25) is 4.79 Å². The van der Waals surface area contributed by atoms with E-state index in [0.29, 0.717) is 5.75 Å². The zero-order chi connectivity index (χ0) is 6.78. The first kappa shape index (κ1) is 12.5. The van der Waals surface area contributed by atoms with Gasteiger partial charge in [0.2, 0.25) is 0 Å². The van der Waals surface area contributed by atoms with Crippen molar-refractivity contribution in [3.63, 3.8) is 0 Å². The average molecular weight is 160 g/mol. The molecule has 0 rings (SSSR count). The maximum absolute atomic E-state index is 10.0. The number of carboxylic acids is 1. The number of hydrogen-bond acceptors (Lipinski definition) is 1. The van der Waals surface area contributed by atoms with E-state index in [4.69, 9.17) is 5.11 Å². The fraction of sp³-hybridized carbons (Fsp3) is 0.800. The Morgan fingerprint density at radius 1 is 1.44 bits per heavy atom. The first-order valence-corrected chi connectivity index (χ1v) is 5.32. The van der Waals surface area contributed by atoms with Crippen LogP contribution in [0.5, 0.6) is 0 Å². The molecule has 0 aromatic heterocycles. The number of aliphatic carboxylic acids is 1. The van der Waals surface area contributed by atoms with Gasteiger partial charge in [0, 0.05) is 0 Å². The summed E-state index contributed by atoms with van der Waals surface area (Å²) in [6.45, 7) is 0. The number of carboxylic acid groups (broad SMARTS) is 1. The van der Waals surface area contributed by atoms with Crippen LogP contribution in [0.2, 0.25) is 0 Å². The molecule has 0 spiro atoms. The predicted molar refractivity (Wildman–Crippen MR) is 45.0 cm³/mol. The fourth-order valence-electron chi connectivity index (χ4n) is 0.370. The third kappa shape index (κ3) is 12.1.